The van der Waals surface area contributed by atoms with Crippen LogP contribution in [0.2, 0.25) is 0 Å². The lowest BCUT2D eigenvalue weighted by Gasteiger charge is -2.04. The van der Waals surface area contributed by atoms with Crippen LogP contribution < -0.4 is 0 Å². The number of nitriles is 1. The Morgan fingerprint density at radius 2 is 2.23 bits per heavy atom. The van der Waals surface area contributed by atoms with Gasteiger partial charge in [0.2, 0.25) is 0 Å². The van der Waals surface area contributed by atoms with Crippen molar-refractivity contribution in [2.75, 3.05) is 0 Å². The van der Waals surface area contributed by atoms with E-state index in [1.807, 2.05) is 0 Å². The number of alkyl halides is 3. The monoisotopic (exact) mass is 301 g/mol. The molecule has 1 aromatic heterocycles. The summed E-state index contributed by atoms with van der Waals surface area (Å²) in [6, 6.07) is 1.69. The average molecular weight is 301 g/mol. The zero-order chi connectivity index (χ0) is 10.1. The average Bonchev–Trinajstić information content (AvgIpc) is 2.26. The summed E-state index contributed by atoms with van der Waals surface area (Å²) in [5, 5.41) is 11.9. The third-order valence-corrected chi connectivity index (χ3v) is 1.95. The number of hydrogen-bond acceptors (Lipinski definition) is 2. The van der Waals surface area contributed by atoms with Crippen LogP contribution >= 0.6 is 22.6 Å². The maximum atomic E-state index is 11.8. The van der Waals surface area contributed by atoms with Gasteiger partial charge in [0.25, 0.3) is 0 Å². The van der Waals surface area contributed by atoms with Gasteiger partial charge in [-0.05, 0) is 22.6 Å². The predicted molar refractivity (Wildman–Crippen MR) is 45.7 cm³/mol. The Labute approximate surface area is 85.3 Å². The van der Waals surface area contributed by atoms with Gasteiger partial charge in [0, 0.05) is 6.20 Å². The highest BCUT2D eigenvalue weighted by molar-refractivity contribution is 14.1. The molecule has 0 N–H and O–H groups in total. The van der Waals surface area contributed by atoms with Crippen LogP contribution in [0.5, 0.6) is 0 Å². The third kappa shape index (κ3) is 2.87. The summed E-state index contributed by atoms with van der Waals surface area (Å²) in [5.41, 5.74) is 0.0184. The predicted octanol–water partition coefficient (Wildman–Crippen LogP) is 1.92. The van der Waals surface area contributed by atoms with Crippen LogP contribution in [-0.2, 0) is 6.54 Å². The molecule has 0 saturated carbocycles. The van der Waals surface area contributed by atoms with Crippen molar-refractivity contribution in [1.82, 2.24) is 9.78 Å². The Balaban J connectivity index is 2.87. The minimum atomic E-state index is -4.30. The molecule has 1 heterocycles. The summed E-state index contributed by atoms with van der Waals surface area (Å²) in [5.74, 6) is 0. The van der Waals surface area contributed by atoms with E-state index in [1.165, 1.54) is 6.20 Å². The zero-order valence-corrected chi connectivity index (χ0v) is 8.30. The Morgan fingerprint density at radius 3 is 2.62 bits per heavy atom. The standard InChI is InChI=1S/C6H3F3IN3/c7-6(8,9)3-13-2-4(10)5(1-11)12-13/h2H,3H2. The summed E-state index contributed by atoms with van der Waals surface area (Å²) in [4.78, 5) is 0. The quantitative estimate of drug-likeness (QED) is 0.744. The number of hydrogen-bond donors (Lipinski definition) is 0. The van der Waals surface area contributed by atoms with Crippen molar-refractivity contribution in [1.29, 1.82) is 5.26 Å². The summed E-state index contributed by atoms with van der Waals surface area (Å²) in [6.07, 6.45) is -3.12. The van der Waals surface area contributed by atoms with Crippen LogP contribution in [0.3, 0.4) is 0 Å². The smallest absolute Gasteiger partial charge is 0.261 e. The number of aromatic nitrogens is 2. The maximum absolute atomic E-state index is 11.8. The molecule has 13 heavy (non-hydrogen) atoms. The molecule has 70 valence electrons. The van der Waals surface area contributed by atoms with Crippen LogP contribution in [0.15, 0.2) is 6.20 Å². The summed E-state index contributed by atoms with van der Waals surface area (Å²) >= 11 is 1.76. The maximum Gasteiger partial charge on any atom is 0.408 e. The van der Waals surface area contributed by atoms with Gasteiger partial charge in [0.15, 0.2) is 5.69 Å². The van der Waals surface area contributed by atoms with Crippen molar-refractivity contribution in [3.8, 4) is 6.07 Å². The highest BCUT2D eigenvalue weighted by Crippen LogP contribution is 2.18. The lowest BCUT2D eigenvalue weighted by Crippen LogP contribution is -2.18. The molecule has 0 aliphatic heterocycles. The largest absolute Gasteiger partial charge is 0.408 e. The Morgan fingerprint density at radius 1 is 1.62 bits per heavy atom. The molecule has 1 aromatic rings. The molecule has 0 aromatic carbocycles. The van der Waals surface area contributed by atoms with E-state index in [4.69, 9.17) is 5.26 Å². The molecule has 0 bridgehead atoms. The van der Waals surface area contributed by atoms with E-state index in [2.05, 4.69) is 5.10 Å². The van der Waals surface area contributed by atoms with Crippen molar-refractivity contribution >= 4 is 22.6 Å². The molecule has 0 aliphatic rings. The fourth-order valence-electron chi connectivity index (χ4n) is 0.738. The van der Waals surface area contributed by atoms with E-state index in [-0.39, 0.29) is 5.69 Å². The van der Waals surface area contributed by atoms with Gasteiger partial charge in [-0.2, -0.15) is 23.5 Å². The van der Waals surface area contributed by atoms with Gasteiger partial charge in [-0.1, -0.05) is 0 Å². The van der Waals surface area contributed by atoms with Gasteiger partial charge >= 0.3 is 6.18 Å². The molecule has 0 amide bonds. The molecule has 0 spiro atoms. The van der Waals surface area contributed by atoms with Crippen LogP contribution in [0.25, 0.3) is 0 Å². The lowest BCUT2D eigenvalue weighted by molar-refractivity contribution is -0.142. The normalized spacial score (nSPS) is 11.3. The molecule has 0 atom stereocenters. The molecule has 3 nitrogen and oxygen atoms in total. The van der Waals surface area contributed by atoms with Gasteiger partial charge in [0.05, 0.1) is 3.57 Å². The highest BCUT2D eigenvalue weighted by Gasteiger charge is 2.28. The van der Waals surface area contributed by atoms with Crippen LogP contribution in [0, 0.1) is 14.9 Å². The Kier molecular flexibility index (Phi) is 2.80. The molecule has 0 fully saturated rings. The first-order valence-electron chi connectivity index (χ1n) is 3.12. The van der Waals surface area contributed by atoms with E-state index in [0.29, 0.717) is 8.25 Å². The van der Waals surface area contributed by atoms with Crippen molar-refractivity contribution in [2.45, 2.75) is 12.7 Å². The molecule has 0 unspecified atom stereocenters. The van der Waals surface area contributed by atoms with E-state index in [1.54, 1.807) is 28.7 Å². The number of rotatable bonds is 1. The van der Waals surface area contributed by atoms with Crippen LogP contribution in [0.4, 0.5) is 13.2 Å². The van der Waals surface area contributed by atoms with Crippen LogP contribution in [0.1, 0.15) is 5.69 Å². The second-order valence-corrected chi connectivity index (χ2v) is 3.41. The fourth-order valence-corrected chi connectivity index (χ4v) is 1.29. The first-order valence-corrected chi connectivity index (χ1v) is 4.20. The summed E-state index contributed by atoms with van der Waals surface area (Å²) < 4.78 is 36.6. The third-order valence-electron chi connectivity index (χ3n) is 1.16. The molecule has 7 heteroatoms. The molecule has 0 saturated heterocycles. The Hall–Kier alpha value is -0.780. The molecular weight excluding hydrogens is 298 g/mol. The second-order valence-electron chi connectivity index (χ2n) is 2.25. The lowest BCUT2D eigenvalue weighted by atomic mass is 10.5. The highest BCUT2D eigenvalue weighted by atomic mass is 127. The van der Waals surface area contributed by atoms with Crippen molar-refractivity contribution < 1.29 is 13.2 Å². The first-order chi connectivity index (χ1) is 5.92. The molecule has 0 aliphatic carbocycles. The van der Waals surface area contributed by atoms with Gasteiger partial charge in [-0.25, -0.2) is 0 Å². The SMILES string of the molecule is N#Cc1nn(CC(F)(F)F)cc1I. The summed E-state index contributed by atoms with van der Waals surface area (Å²) in [6.45, 7) is -1.16. The van der Waals surface area contributed by atoms with Gasteiger partial charge in [0.1, 0.15) is 12.6 Å². The minimum Gasteiger partial charge on any atom is -0.261 e. The molecular formula is C6H3F3IN3. The number of halogens is 4. The van der Waals surface area contributed by atoms with E-state index >= 15 is 0 Å². The molecule has 1 rings (SSSR count). The Bertz CT molecular complexity index is 349. The van der Waals surface area contributed by atoms with E-state index in [9.17, 15) is 13.2 Å². The van der Waals surface area contributed by atoms with Crippen LogP contribution in [-0.4, -0.2) is 16.0 Å². The van der Waals surface area contributed by atoms with Crippen molar-refractivity contribution in [3.63, 3.8) is 0 Å². The van der Waals surface area contributed by atoms with E-state index < -0.39 is 12.7 Å². The number of nitrogens with zero attached hydrogens (tertiary/aromatic N) is 3. The van der Waals surface area contributed by atoms with Crippen molar-refractivity contribution in [3.05, 3.63) is 15.5 Å². The van der Waals surface area contributed by atoms with Gasteiger partial charge in [-0.15, -0.1) is 0 Å². The topological polar surface area (TPSA) is 41.6 Å². The van der Waals surface area contributed by atoms with Crippen molar-refractivity contribution in [2.24, 2.45) is 0 Å². The first kappa shape index (κ1) is 10.3. The van der Waals surface area contributed by atoms with Gasteiger partial charge < -0.3 is 0 Å². The molecule has 0 radical (unpaired) electrons. The minimum absolute atomic E-state index is 0.0184. The van der Waals surface area contributed by atoms with E-state index in [0.717, 1.165) is 0 Å². The summed E-state index contributed by atoms with van der Waals surface area (Å²) in [7, 11) is 0. The zero-order valence-electron chi connectivity index (χ0n) is 6.14. The fraction of sp³-hybridized carbons (Fsp3) is 0.333. The second kappa shape index (κ2) is 3.53. The van der Waals surface area contributed by atoms with Gasteiger partial charge in [-0.3, -0.25) is 4.68 Å².